The molecule has 3 aliphatic rings. The summed E-state index contributed by atoms with van der Waals surface area (Å²) < 4.78 is 0. The Morgan fingerprint density at radius 2 is 1.73 bits per heavy atom. The Morgan fingerprint density at radius 3 is 2.52 bits per heavy atom. The molecule has 1 atom stereocenters. The Balaban J connectivity index is 1.27. The summed E-state index contributed by atoms with van der Waals surface area (Å²) >= 11 is 0. The highest BCUT2D eigenvalue weighted by Crippen LogP contribution is 2.37. The lowest BCUT2D eigenvalue weighted by molar-refractivity contribution is 0.401. The minimum absolute atomic E-state index is 0.598. The van der Waals surface area contributed by atoms with Crippen molar-refractivity contribution in [3.05, 3.63) is 95.1 Å². The van der Waals surface area contributed by atoms with Crippen LogP contribution in [0.3, 0.4) is 0 Å². The third kappa shape index (κ3) is 7.20. The van der Waals surface area contributed by atoms with Crippen molar-refractivity contribution >= 4 is 0 Å². The van der Waals surface area contributed by atoms with Gasteiger partial charge in [0.05, 0.1) is 0 Å². The number of aryl methyl sites for hydroxylation is 3. The van der Waals surface area contributed by atoms with E-state index in [2.05, 4.69) is 56.2 Å². The summed E-state index contributed by atoms with van der Waals surface area (Å²) in [4.78, 5) is 0. The van der Waals surface area contributed by atoms with Gasteiger partial charge in [0.2, 0.25) is 0 Å². The lowest BCUT2D eigenvalue weighted by Crippen LogP contribution is -2.11. The fraction of sp³-hybridized carbons (Fsp3) is 0.515. The van der Waals surface area contributed by atoms with Crippen LogP contribution in [0.15, 0.2) is 78.5 Å². The predicted molar refractivity (Wildman–Crippen MR) is 145 cm³/mol. The number of rotatable bonds is 13. The number of fused-ring (bicyclic) bond motifs is 1. The number of benzene rings is 1. The maximum absolute atomic E-state index is 4.60. The number of allylic oxidation sites excluding steroid dienone is 7. The molecule has 176 valence electrons. The molecule has 0 aliphatic heterocycles. The number of hydrogen-bond acceptors (Lipinski definition) is 0. The minimum Gasteiger partial charge on any atom is -0.0998 e. The van der Waals surface area contributed by atoms with Crippen molar-refractivity contribution in [1.82, 2.24) is 0 Å². The maximum Gasteiger partial charge on any atom is -0.0105 e. The van der Waals surface area contributed by atoms with Gasteiger partial charge in [-0.1, -0.05) is 104 Å². The van der Waals surface area contributed by atoms with Crippen LogP contribution in [0.25, 0.3) is 0 Å². The van der Waals surface area contributed by atoms with Crippen molar-refractivity contribution in [2.75, 3.05) is 0 Å². The van der Waals surface area contributed by atoms with Gasteiger partial charge in [0, 0.05) is 0 Å². The van der Waals surface area contributed by atoms with Gasteiger partial charge >= 0.3 is 0 Å². The second-order valence-corrected chi connectivity index (χ2v) is 11.0. The van der Waals surface area contributed by atoms with Gasteiger partial charge in [0.25, 0.3) is 0 Å². The zero-order valence-corrected chi connectivity index (χ0v) is 20.8. The molecular weight excluding hydrogens is 396 g/mol. The monoisotopic (exact) mass is 440 g/mol. The van der Waals surface area contributed by atoms with Crippen LogP contribution in [-0.2, 0) is 19.3 Å². The lowest BCUT2D eigenvalue weighted by Gasteiger charge is -2.24. The molecule has 3 aliphatic carbocycles. The summed E-state index contributed by atoms with van der Waals surface area (Å²) in [5, 5.41) is 0. The van der Waals surface area contributed by atoms with Crippen LogP contribution in [0, 0.1) is 11.8 Å². The molecule has 1 aromatic carbocycles. The second kappa shape index (κ2) is 11.9. The minimum atomic E-state index is 0.598. The molecular formula is C33H44. The third-order valence-electron chi connectivity index (χ3n) is 8.26. The Hall–Kier alpha value is -2.08. The first kappa shape index (κ1) is 24.1. The fourth-order valence-corrected chi connectivity index (χ4v) is 6.17. The van der Waals surface area contributed by atoms with E-state index in [0.29, 0.717) is 5.92 Å². The first-order valence-corrected chi connectivity index (χ1v) is 13.5. The van der Waals surface area contributed by atoms with Crippen molar-refractivity contribution < 1.29 is 0 Å². The Bertz CT molecular complexity index is 915. The van der Waals surface area contributed by atoms with Crippen LogP contribution >= 0.6 is 0 Å². The summed E-state index contributed by atoms with van der Waals surface area (Å²) in [6.45, 7) is 13.5. The SMILES string of the molecule is C=C(CCC(=C)C(CC(=C)CCc1ccc2c(c1)CCC2)CC1CCCC1)CC1=CC=CC1. The van der Waals surface area contributed by atoms with Gasteiger partial charge in [0.15, 0.2) is 0 Å². The predicted octanol–water partition coefficient (Wildman–Crippen LogP) is 9.42. The largest absolute Gasteiger partial charge is 0.0998 e. The molecule has 1 saturated carbocycles. The molecule has 0 saturated heterocycles. The maximum atomic E-state index is 4.60. The van der Waals surface area contributed by atoms with E-state index in [1.54, 1.807) is 11.1 Å². The van der Waals surface area contributed by atoms with Crippen molar-refractivity contribution in [1.29, 1.82) is 0 Å². The van der Waals surface area contributed by atoms with E-state index >= 15 is 0 Å². The van der Waals surface area contributed by atoms with Crippen LogP contribution in [-0.4, -0.2) is 0 Å². The Morgan fingerprint density at radius 1 is 0.909 bits per heavy atom. The molecule has 1 unspecified atom stereocenters. The second-order valence-electron chi connectivity index (χ2n) is 11.0. The van der Waals surface area contributed by atoms with Crippen molar-refractivity contribution in [2.24, 2.45) is 11.8 Å². The Labute approximate surface area is 203 Å². The van der Waals surface area contributed by atoms with Gasteiger partial charge in [-0.15, -0.1) is 0 Å². The van der Waals surface area contributed by atoms with Gasteiger partial charge in [-0.3, -0.25) is 0 Å². The molecule has 0 amide bonds. The normalized spacial score (nSPS) is 18.4. The summed E-state index contributed by atoms with van der Waals surface area (Å²) in [5.41, 5.74) is 10.4. The van der Waals surface area contributed by atoms with Crippen LogP contribution < -0.4 is 0 Å². The highest BCUT2D eigenvalue weighted by atomic mass is 14.3. The highest BCUT2D eigenvalue weighted by Gasteiger charge is 2.23. The first-order chi connectivity index (χ1) is 16.1. The van der Waals surface area contributed by atoms with E-state index in [9.17, 15) is 0 Å². The quantitative estimate of drug-likeness (QED) is 0.268. The van der Waals surface area contributed by atoms with E-state index in [1.807, 2.05) is 0 Å². The van der Waals surface area contributed by atoms with Crippen LogP contribution in [0.1, 0.15) is 93.7 Å². The van der Waals surface area contributed by atoms with Gasteiger partial charge in [-0.2, -0.15) is 0 Å². The van der Waals surface area contributed by atoms with Crippen molar-refractivity contribution in [3.8, 4) is 0 Å². The van der Waals surface area contributed by atoms with E-state index in [1.165, 1.54) is 79.2 Å². The van der Waals surface area contributed by atoms with E-state index in [0.717, 1.165) is 50.9 Å². The highest BCUT2D eigenvalue weighted by molar-refractivity contribution is 5.35. The molecule has 1 aromatic rings. The van der Waals surface area contributed by atoms with Crippen LogP contribution in [0.5, 0.6) is 0 Å². The molecule has 0 heterocycles. The molecule has 0 heteroatoms. The smallest absolute Gasteiger partial charge is 0.0105 e. The fourth-order valence-electron chi connectivity index (χ4n) is 6.17. The van der Waals surface area contributed by atoms with Gasteiger partial charge in [-0.25, -0.2) is 0 Å². The van der Waals surface area contributed by atoms with Crippen molar-refractivity contribution in [2.45, 2.75) is 96.3 Å². The zero-order chi connectivity index (χ0) is 23.0. The molecule has 0 nitrogen and oxygen atoms in total. The van der Waals surface area contributed by atoms with Gasteiger partial charge in [-0.05, 0) is 99.2 Å². The molecule has 1 fully saturated rings. The molecule has 0 radical (unpaired) electrons. The first-order valence-electron chi connectivity index (χ1n) is 13.5. The molecule has 0 N–H and O–H groups in total. The van der Waals surface area contributed by atoms with E-state index < -0.39 is 0 Å². The standard InChI is InChI=1S/C33H44/c1-25(21-28-9-4-5-10-28)15-17-27(3)33(24-29-11-6-7-12-29)22-26(2)16-18-30-19-20-31-13-8-14-32(31)23-30/h4-5,9,19-20,23,29,33H,1-3,6-8,10-18,21-22,24H2. The molecule has 4 rings (SSSR count). The average Bonchev–Trinajstić information content (AvgIpc) is 3.58. The molecule has 0 aromatic heterocycles. The molecule has 0 spiro atoms. The lowest BCUT2D eigenvalue weighted by atomic mass is 9.81. The summed E-state index contributed by atoms with van der Waals surface area (Å²) in [7, 11) is 0. The summed E-state index contributed by atoms with van der Waals surface area (Å²) in [5.74, 6) is 1.50. The van der Waals surface area contributed by atoms with Crippen molar-refractivity contribution in [3.63, 3.8) is 0 Å². The molecule has 33 heavy (non-hydrogen) atoms. The Kier molecular flexibility index (Phi) is 8.65. The number of hydrogen-bond donors (Lipinski definition) is 0. The third-order valence-corrected chi connectivity index (χ3v) is 8.26. The topological polar surface area (TPSA) is 0 Å². The zero-order valence-electron chi connectivity index (χ0n) is 20.8. The van der Waals surface area contributed by atoms with E-state index in [4.69, 9.17) is 0 Å². The van der Waals surface area contributed by atoms with E-state index in [-0.39, 0.29) is 0 Å². The molecule has 0 bridgehead atoms. The average molecular weight is 441 g/mol. The van der Waals surface area contributed by atoms with Crippen LogP contribution in [0.4, 0.5) is 0 Å². The van der Waals surface area contributed by atoms with Crippen LogP contribution in [0.2, 0.25) is 0 Å². The summed E-state index contributed by atoms with van der Waals surface area (Å²) in [6, 6.07) is 7.19. The summed E-state index contributed by atoms with van der Waals surface area (Å²) in [6.07, 6.45) is 25.2. The van der Waals surface area contributed by atoms with Gasteiger partial charge in [0.1, 0.15) is 0 Å². The van der Waals surface area contributed by atoms with Gasteiger partial charge < -0.3 is 0 Å².